The molecule has 1 atom stereocenters. The lowest BCUT2D eigenvalue weighted by Gasteiger charge is -2.17. The second-order valence-corrected chi connectivity index (χ2v) is 8.21. The Bertz CT molecular complexity index is 1080. The van der Waals surface area contributed by atoms with Gasteiger partial charge in [-0.25, -0.2) is 4.98 Å². The van der Waals surface area contributed by atoms with E-state index in [1.807, 2.05) is 31.2 Å². The van der Waals surface area contributed by atoms with Crippen molar-refractivity contribution in [2.45, 2.75) is 39.7 Å². The fourth-order valence-electron chi connectivity index (χ4n) is 3.71. The summed E-state index contributed by atoms with van der Waals surface area (Å²) in [5, 5.41) is 9.95. The topological polar surface area (TPSA) is 72.2 Å². The van der Waals surface area contributed by atoms with Gasteiger partial charge in [0.2, 0.25) is 0 Å². The number of aromatic nitrogens is 2. The molecule has 0 spiro atoms. The quantitative estimate of drug-likeness (QED) is 0.766. The zero-order valence-corrected chi connectivity index (χ0v) is 15.6. The number of carboxylic acid groups (broad SMARTS) is 1. The van der Waals surface area contributed by atoms with Gasteiger partial charge in [0.25, 0.3) is 5.56 Å². The highest BCUT2D eigenvalue weighted by atomic mass is 32.1. The summed E-state index contributed by atoms with van der Waals surface area (Å²) in [7, 11) is 0. The molecule has 1 unspecified atom stereocenters. The van der Waals surface area contributed by atoms with Gasteiger partial charge in [0, 0.05) is 10.4 Å². The van der Waals surface area contributed by atoms with Crippen molar-refractivity contribution in [1.29, 1.82) is 0 Å². The van der Waals surface area contributed by atoms with Crippen LogP contribution in [0.25, 0.3) is 21.6 Å². The van der Waals surface area contributed by atoms with Gasteiger partial charge in [-0.1, -0.05) is 30.7 Å². The van der Waals surface area contributed by atoms with Crippen molar-refractivity contribution < 1.29 is 9.90 Å². The number of fused-ring (bicyclic) bond motifs is 3. The second-order valence-electron chi connectivity index (χ2n) is 7.12. The molecule has 0 amide bonds. The molecule has 0 saturated heterocycles. The number of hydrogen-bond acceptors (Lipinski definition) is 4. The monoisotopic (exact) mass is 368 g/mol. The van der Waals surface area contributed by atoms with Crippen molar-refractivity contribution in [2.75, 3.05) is 0 Å². The summed E-state index contributed by atoms with van der Waals surface area (Å²) in [5.41, 5.74) is 2.65. The molecule has 0 bridgehead atoms. The molecule has 1 aliphatic carbocycles. The molecule has 26 heavy (non-hydrogen) atoms. The van der Waals surface area contributed by atoms with Gasteiger partial charge in [-0.15, -0.1) is 11.3 Å². The number of rotatable bonds is 3. The van der Waals surface area contributed by atoms with Gasteiger partial charge < -0.3 is 5.11 Å². The van der Waals surface area contributed by atoms with Crippen molar-refractivity contribution in [3.05, 3.63) is 50.6 Å². The number of nitrogens with zero attached hydrogens (tertiary/aromatic N) is 2. The Morgan fingerprint density at radius 2 is 2.23 bits per heavy atom. The average molecular weight is 368 g/mol. The normalized spacial score (nSPS) is 16.6. The number of carbonyl (C=O) groups is 1. The molecular formula is C20H20N2O3S. The highest BCUT2D eigenvalue weighted by Gasteiger charge is 2.25. The molecular weight excluding hydrogens is 348 g/mol. The number of benzene rings is 1. The van der Waals surface area contributed by atoms with Gasteiger partial charge in [0.1, 0.15) is 17.2 Å². The molecule has 4 rings (SSSR count). The van der Waals surface area contributed by atoms with E-state index in [0.29, 0.717) is 17.1 Å². The van der Waals surface area contributed by atoms with Gasteiger partial charge in [-0.3, -0.25) is 14.2 Å². The number of carboxylic acids is 1. The van der Waals surface area contributed by atoms with Gasteiger partial charge in [0.15, 0.2) is 0 Å². The van der Waals surface area contributed by atoms with Crippen LogP contribution in [-0.4, -0.2) is 20.6 Å². The third-order valence-electron chi connectivity index (χ3n) is 4.98. The largest absolute Gasteiger partial charge is 0.480 e. The number of aliphatic carboxylic acids is 1. The van der Waals surface area contributed by atoms with E-state index in [1.54, 1.807) is 11.3 Å². The lowest BCUT2D eigenvalue weighted by atomic mass is 9.89. The highest BCUT2D eigenvalue weighted by Crippen LogP contribution is 2.36. The zero-order chi connectivity index (χ0) is 18.4. The Morgan fingerprint density at radius 3 is 2.96 bits per heavy atom. The fraction of sp³-hybridized carbons (Fsp3) is 0.350. The lowest BCUT2D eigenvalue weighted by Crippen LogP contribution is -2.27. The number of thiophene rings is 1. The number of aryl methyl sites for hydroxylation is 2. The minimum absolute atomic E-state index is 0.235. The smallest absolute Gasteiger partial charge is 0.323 e. The van der Waals surface area contributed by atoms with Crippen LogP contribution in [0.5, 0.6) is 0 Å². The second kappa shape index (κ2) is 6.36. The summed E-state index contributed by atoms with van der Waals surface area (Å²) in [6, 6.07) is 7.66. The molecule has 3 aromatic rings. The zero-order valence-electron chi connectivity index (χ0n) is 14.8. The van der Waals surface area contributed by atoms with Crippen LogP contribution in [0.1, 0.15) is 29.3 Å². The van der Waals surface area contributed by atoms with Gasteiger partial charge >= 0.3 is 5.97 Å². The van der Waals surface area contributed by atoms with Crippen LogP contribution in [0.4, 0.5) is 0 Å². The molecule has 0 aliphatic heterocycles. The molecule has 0 fully saturated rings. The van der Waals surface area contributed by atoms with E-state index in [4.69, 9.17) is 4.98 Å². The van der Waals surface area contributed by atoms with Crippen molar-refractivity contribution in [2.24, 2.45) is 5.92 Å². The van der Waals surface area contributed by atoms with E-state index in [0.717, 1.165) is 40.8 Å². The predicted molar refractivity (Wildman–Crippen MR) is 103 cm³/mol. The third-order valence-corrected chi connectivity index (χ3v) is 6.13. The van der Waals surface area contributed by atoms with E-state index in [9.17, 15) is 14.7 Å². The average Bonchev–Trinajstić information content (AvgIpc) is 2.94. The van der Waals surface area contributed by atoms with Crippen LogP contribution >= 0.6 is 11.3 Å². The first-order chi connectivity index (χ1) is 12.4. The van der Waals surface area contributed by atoms with Crippen LogP contribution in [0.15, 0.2) is 29.1 Å². The molecule has 5 nitrogen and oxygen atoms in total. The van der Waals surface area contributed by atoms with Crippen LogP contribution in [0.2, 0.25) is 0 Å². The first-order valence-electron chi connectivity index (χ1n) is 8.78. The standard InChI is InChI=1S/C20H20N2O3S/c1-11-4-3-5-13(8-11)18-21-19-17(20(25)22(18)10-16(23)24)14-7-6-12(2)9-15(14)26-19/h3-5,8,12H,6-7,9-10H2,1-2H3,(H,23,24). The predicted octanol–water partition coefficient (Wildman–Crippen LogP) is 3.64. The van der Waals surface area contributed by atoms with E-state index in [-0.39, 0.29) is 12.1 Å². The molecule has 0 saturated carbocycles. The van der Waals surface area contributed by atoms with E-state index < -0.39 is 5.97 Å². The van der Waals surface area contributed by atoms with Crippen LogP contribution in [-0.2, 0) is 24.2 Å². The minimum atomic E-state index is -1.04. The first kappa shape index (κ1) is 17.0. The maximum Gasteiger partial charge on any atom is 0.323 e. The molecule has 1 N–H and O–H groups in total. The van der Waals surface area contributed by atoms with E-state index in [1.165, 1.54) is 9.44 Å². The Kier molecular flexibility index (Phi) is 4.15. The van der Waals surface area contributed by atoms with E-state index >= 15 is 0 Å². The van der Waals surface area contributed by atoms with Crippen molar-refractivity contribution in [1.82, 2.24) is 9.55 Å². The van der Waals surface area contributed by atoms with Crippen LogP contribution in [0.3, 0.4) is 0 Å². The summed E-state index contributed by atoms with van der Waals surface area (Å²) in [6.45, 7) is 3.81. The van der Waals surface area contributed by atoms with Crippen molar-refractivity contribution in [3.8, 4) is 11.4 Å². The molecule has 6 heteroatoms. The minimum Gasteiger partial charge on any atom is -0.480 e. The molecule has 2 aromatic heterocycles. The van der Waals surface area contributed by atoms with Crippen molar-refractivity contribution in [3.63, 3.8) is 0 Å². The van der Waals surface area contributed by atoms with Crippen molar-refractivity contribution >= 4 is 27.5 Å². The SMILES string of the molecule is Cc1cccc(-c2nc3sc4c(c3c(=O)n2CC(=O)O)CCC(C)C4)c1. The van der Waals surface area contributed by atoms with Crippen LogP contribution in [0, 0.1) is 12.8 Å². The first-order valence-corrected chi connectivity index (χ1v) is 9.59. The fourth-order valence-corrected chi connectivity index (χ4v) is 5.08. The Morgan fingerprint density at radius 1 is 1.42 bits per heavy atom. The summed E-state index contributed by atoms with van der Waals surface area (Å²) >= 11 is 1.59. The van der Waals surface area contributed by atoms with Crippen LogP contribution < -0.4 is 5.56 Å². The summed E-state index contributed by atoms with van der Waals surface area (Å²) in [5.74, 6) is -0.00633. The van der Waals surface area contributed by atoms with Gasteiger partial charge in [-0.05, 0) is 43.7 Å². The maximum atomic E-state index is 13.2. The Balaban J connectivity index is 2.02. The maximum absolute atomic E-state index is 13.2. The summed E-state index contributed by atoms with van der Waals surface area (Å²) in [6.07, 6.45) is 2.88. The summed E-state index contributed by atoms with van der Waals surface area (Å²) < 4.78 is 1.31. The highest BCUT2D eigenvalue weighted by molar-refractivity contribution is 7.18. The Hall–Kier alpha value is -2.47. The van der Waals surface area contributed by atoms with E-state index in [2.05, 4.69) is 6.92 Å². The summed E-state index contributed by atoms with van der Waals surface area (Å²) in [4.78, 5) is 31.3. The number of hydrogen-bond donors (Lipinski definition) is 1. The molecule has 0 radical (unpaired) electrons. The van der Waals surface area contributed by atoms with Gasteiger partial charge in [-0.2, -0.15) is 0 Å². The molecule has 1 aromatic carbocycles. The van der Waals surface area contributed by atoms with Gasteiger partial charge in [0.05, 0.1) is 5.39 Å². The lowest BCUT2D eigenvalue weighted by molar-refractivity contribution is -0.137. The molecule has 1 aliphatic rings. The third kappa shape index (κ3) is 2.84. The Labute approximate surface area is 154 Å². The molecule has 2 heterocycles. The molecule has 134 valence electrons.